The lowest BCUT2D eigenvalue weighted by Crippen LogP contribution is -2.44. The molecule has 144 valence electrons. The van der Waals surface area contributed by atoms with Gasteiger partial charge in [0.2, 0.25) is 0 Å². The molecule has 1 N–H and O–H groups in total. The SMILES string of the molecule is COc1ccc([C@@H](CNC(=O)c2cnccn2)N2CCOCC2)cc1OC. The van der Waals surface area contributed by atoms with Crippen molar-refractivity contribution < 1.29 is 19.0 Å². The van der Waals surface area contributed by atoms with Crippen LogP contribution < -0.4 is 14.8 Å². The van der Waals surface area contributed by atoms with Gasteiger partial charge in [-0.15, -0.1) is 0 Å². The van der Waals surface area contributed by atoms with E-state index in [1.807, 2.05) is 18.2 Å². The van der Waals surface area contributed by atoms with Gasteiger partial charge in [0, 0.05) is 32.0 Å². The standard InChI is InChI=1S/C19H24N4O4/c1-25-17-4-3-14(11-18(17)26-2)16(23-7-9-27-10-8-23)13-22-19(24)15-12-20-5-6-21-15/h3-6,11-12,16H,7-10,13H2,1-2H3,(H,22,24)/t16-/m1/s1. The fourth-order valence-corrected chi connectivity index (χ4v) is 3.10. The highest BCUT2D eigenvalue weighted by molar-refractivity contribution is 5.91. The highest BCUT2D eigenvalue weighted by Gasteiger charge is 2.24. The Bertz CT molecular complexity index is 751. The van der Waals surface area contributed by atoms with Crippen molar-refractivity contribution in [2.24, 2.45) is 0 Å². The molecule has 0 saturated carbocycles. The molecule has 8 nitrogen and oxygen atoms in total. The van der Waals surface area contributed by atoms with Gasteiger partial charge in [0.05, 0.1) is 39.7 Å². The van der Waals surface area contributed by atoms with Crippen molar-refractivity contribution >= 4 is 5.91 Å². The first-order valence-electron chi connectivity index (χ1n) is 8.81. The van der Waals surface area contributed by atoms with Crippen LogP contribution in [0.15, 0.2) is 36.8 Å². The Morgan fingerprint density at radius 2 is 2.00 bits per heavy atom. The predicted octanol–water partition coefficient (Wildman–Crippen LogP) is 1.30. The van der Waals surface area contributed by atoms with Crippen LogP contribution in [0.25, 0.3) is 0 Å². The fraction of sp³-hybridized carbons (Fsp3) is 0.421. The fourth-order valence-electron chi connectivity index (χ4n) is 3.10. The van der Waals surface area contributed by atoms with Gasteiger partial charge in [-0.3, -0.25) is 14.7 Å². The third-order valence-corrected chi connectivity index (χ3v) is 4.53. The summed E-state index contributed by atoms with van der Waals surface area (Å²) in [4.78, 5) is 22.7. The molecule has 8 heteroatoms. The van der Waals surface area contributed by atoms with E-state index in [0.29, 0.717) is 37.0 Å². The smallest absolute Gasteiger partial charge is 0.271 e. The van der Waals surface area contributed by atoms with Gasteiger partial charge in [-0.25, -0.2) is 4.98 Å². The summed E-state index contributed by atoms with van der Waals surface area (Å²) >= 11 is 0. The molecule has 0 spiro atoms. The molecule has 1 saturated heterocycles. The van der Waals surface area contributed by atoms with Gasteiger partial charge in [-0.2, -0.15) is 0 Å². The Morgan fingerprint density at radius 1 is 1.22 bits per heavy atom. The molecule has 3 rings (SSSR count). The second-order valence-corrected chi connectivity index (χ2v) is 6.08. The zero-order valence-corrected chi connectivity index (χ0v) is 15.6. The lowest BCUT2D eigenvalue weighted by Gasteiger charge is -2.35. The Kier molecular flexibility index (Phi) is 6.56. The Labute approximate surface area is 158 Å². The maximum absolute atomic E-state index is 12.4. The molecular formula is C19H24N4O4. The number of methoxy groups -OCH3 is 2. The van der Waals surface area contributed by atoms with Crippen LogP contribution in [0.3, 0.4) is 0 Å². The van der Waals surface area contributed by atoms with Crippen LogP contribution in [-0.2, 0) is 4.74 Å². The third-order valence-electron chi connectivity index (χ3n) is 4.53. The molecular weight excluding hydrogens is 348 g/mol. The molecule has 2 aromatic rings. The van der Waals surface area contributed by atoms with Crippen LogP contribution in [0.4, 0.5) is 0 Å². The molecule has 1 atom stereocenters. The number of ether oxygens (including phenoxy) is 3. The number of amides is 1. The molecule has 0 bridgehead atoms. The number of hydrogen-bond acceptors (Lipinski definition) is 7. The van der Waals surface area contributed by atoms with Gasteiger partial charge in [0.1, 0.15) is 5.69 Å². The monoisotopic (exact) mass is 372 g/mol. The van der Waals surface area contributed by atoms with Gasteiger partial charge in [-0.1, -0.05) is 6.07 Å². The summed E-state index contributed by atoms with van der Waals surface area (Å²) in [6, 6.07) is 5.81. The van der Waals surface area contributed by atoms with E-state index in [-0.39, 0.29) is 11.9 Å². The van der Waals surface area contributed by atoms with Crippen molar-refractivity contribution in [1.29, 1.82) is 0 Å². The molecule has 27 heavy (non-hydrogen) atoms. The van der Waals surface area contributed by atoms with Crippen LogP contribution in [0.2, 0.25) is 0 Å². The molecule has 1 amide bonds. The maximum Gasteiger partial charge on any atom is 0.271 e. The van der Waals surface area contributed by atoms with E-state index in [1.165, 1.54) is 18.6 Å². The van der Waals surface area contributed by atoms with Gasteiger partial charge in [-0.05, 0) is 17.7 Å². The normalized spacial score (nSPS) is 15.8. The number of aromatic nitrogens is 2. The third kappa shape index (κ3) is 4.72. The van der Waals surface area contributed by atoms with Gasteiger partial charge in [0.15, 0.2) is 11.5 Å². The van der Waals surface area contributed by atoms with E-state index in [2.05, 4.69) is 20.2 Å². The lowest BCUT2D eigenvalue weighted by atomic mass is 10.0. The minimum atomic E-state index is -0.248. The first kappa shape index (κ1) is 19.1. The lowest BCUT2D eigenvalue weighted by molar-refractivity contribution is 0.0161. The van der Waals surface area contributed by atoms with Crippen LogP contribution in [-0.4, -0.2) is 67.8 Å². The van der Waals surface area contributed by atoms with Crippen LogP contribution in [0.1, 0.15) is 22.1 Å². The zero-order chi connectivity index (χ0) is 19.1. The van der Waals surface area contributed by atoms with Crippen LogP contribution in [0, 0.1) is 0 Å². The first-order chi connectivity index (χ1) is 13.2. The zero-order valence-electron chi connectivity index (χ0n) is 15.6. The average Bonchev–Trinajstić information content (AvgIpc) is 2.75. The Hall–Kier alpha value is -2.71. The highest BCUT2D eigenvalue weighted by atomic mass is 16.5. The summed E-state index contributed by atoms with van der Waals surface area (Å²) < 4.78 is 16.2. The Balaban J connectivity index is 1.79. The summed E-state index contributed by atoms with van der Waals surface area (Å²) in [6.45, 7) is 3.36. The van der Waals surface area contributed by atoms with Crippen molar-refractivity contribution in [2.75, 3.05) is 47.1 Å². The van der Waals surface area contributed by atoms with Crippen molar-refractivity contribution in [3.05, 3.63) is 48.0 Å². The number of nitrogens with one attached hydrogen (secondary N) is 1. The summed E-state index contributed by atoms with van der Waals surface area (Å²) in [7, 11) is 3.22. The van der Waals surface area contributed by atoms with E-state index < -0.39 is 0 Å². The minimum absolute atomic E-state index is 0.0191. The summed E-state index contributed by atoms with van der Waals surface area (Å²) in [5, 5.41) is 2.96. The minimum Gasteiger partial charge on any atom is -0.493 e. The molecule has 1 fully saturated rings. The van der Waals surface area contributed by atoms with Crippen molar-refractivity contribution in [3.63, 3.8) is 0 Å². The summed E-state index contributed by atoms with van der Waals surface area (Å²) in [5.41, 5.74) is 1.33. The second-order valence-electron chi connectivity index (χ2n) is 6.08. The van der Waals surface area contributed by atoms with Crippen molar-refractivity contribution in [2.45, 2.75) is 6.04 Å². The van der Waals surface area contributed by atoms with Crippen LogP contribution in [0.5, 0.6) is 11.5 Å². The van der Waals surface area contributed by atoms with E-state index in [1.54, 1.807) is 14.2 Å². The van der Waals surface area contributed by atoms with Gasteiger partial charge >= 0.3 is 0 Å². The molecule has 1 aliphatic rings. The van der Waals surface area contributed by atoms with E-state index in [4.69, 9.17) is 14.2 Å². The van der Waals surface area contributed by atoms with Gasteiger partial charge < -0.3 is 19.5 Å². The number of carbonyl (C=O) groups is 1. The maximum atomic E-state index is 12.4. The average molecular weight is 372 g/mol. The molecule has 0 radical (unpaired) electrons. The quantitative estimate of drug-likeness (QED) is 0.784. The first-order valence-corrected chi connectivity index (χ1v) is 8.81. The van der Waals surface area contributed by atoms with E-state index in [9.17, 15) is 4.79 Å². The second kappa shape index (κ2) is 9.29. The molecule has 1 aliphatic heterocycles. The molecule has 1 aromatic carbocycles. The number of morpholine rings is 1. The largest absolute Gasteiger partial charge is 0.493 e. The summed E-state index contributed by atoms with van der Waals surface area (Å²) in [5.74, 6) is 1.08. The molecule has 0 aliphatic carbocycles. The molecule has 2 heterocycles. The van der Waals surface area contributed by atoms with E-state index >= 15 is 0 Å². The molecule has 0 unspecified atom stereocenters. The summed E-state index contributed by atoms with van der Waals surface area (Å²) in [6.07, 6.45) is 4.50. The highest BCUT2D eigenvalue weighted by Crippen LogP contribution is 2.32. The number of benzene rings is 1. The van der Waals surface area contributed by atoms with E-state index in [0.717, 1.165) is 18.7 Å². The number of nitrogens with zero attached hydrogens (tertiary/aromatic N) is 3. The number of carbonyl (C=O) groups excluding carboxylic acids is 1. The van der Waals surface area contributed by atoms with Crippen molar-refractivity contribution in [3.8, 4) is 11.5 Å². The van der Waals surface area contributed by atoms with Crippen molar-refractivity contribution in [1.82, 2.24) is 20.2 Å². The topological polar surface area (TPSA) is 85.8 Å². The Morgan fingerprint density at radius 3 is 2.67 bits per heavy atom. The number of hydrogen-bond donors (Lipinski definition) is 1. The predicted molar refractivity (Wildman–Crippen MR) is 99.0 cm³/mol. The van der Waals surface area contributed by atoms with Gasteiger partial charge in [0.25, 0.3) is 5.91 Å². The van der Waals surface area contributed by atoms with Crippen LogP contribution >= 0.6 is 0 Å². The number of rotatable bonds is 7. The molecule has 1 aromatic heterocycles.